The molecule has 21 heavy (non-hydrogen) atoms. The first-order valence-corrected chi connectivity index (χ1v) is 7.71. The van der Waals surface area contributed by atoms with Crippen molar-refractivity contribution in [3.05, 3.63) is 48.5 Å². The number of carbonyl (C=O) groups is 1. The van der Waals surface area contributed by atoms with Gasteiger partial charge in [-0.25, -0.2) is 4.79 Å². The van der Waals surface area contributed by atoms with Crippen molar-refractivity contribution in [2.75, 3.05) is 29.6 Å². The molecule has 0 unspecified atom stereocenters. The zero-order valence-electron chi connectivity index (χ0n) is 11.7. The van der Waals surface area contributed by atoms with Crippen molar-refractivity contribution in [3.8, 4) is 5.75 Å². The minimum Gasteiger partial charge on any atom is -0.497 e. The number of para-hydroxylation sites is 1. The predicted octanol–water partition coefficient (Wildman–Crippen LogP) is 3.84. The number of hydrogen-bond donors (Lipinski definition) is 1. The topological polar surface area (TPSA) is 41.6 Å². The fraction of sp³-hybridized carbons (Fsp3) is 0.188. The van der Waals surface area contributed by atoms with Crippen LogP contribution in [0.1, 0.15) is 0 Å². The standard InChI is InChI=1S/C16H16N2O2S/c1-20-13-6-4-5-12(11-13)17-16(19)18-9-10-21-15-8-3-2-7-14(15)18/h2-8,11H,9-10H2,1H3,(H,17,19). The lowest BCUT2D eigenvalue weighted by Crippen LogP contribution is -2.38. The zero-order valence-corrected chi connectivity index (χ0v) is 12.5. The van der Waals surface area contributed by atoms with Crippen molar-refractivity contribution in [2.45, 2.75) is 4.90 Å². The van der Waals surface area contributed by atoms with E-state index in [1.807, 2.05) is 48.5 Å². The molecular formula is C16H16N2O2S. The number of urea groups is 1. The average molecular weight is 300 g/mol. The molecule has 0 saturated carbocycles. The molecule has 0 saturated heterocycles. The van der Waals surface area contributed by atoms with Gasteiger partial charge in [0.2, 0.25) is 0 Å². The largest absolute Gasteiger partial charge is 0.497 e. The van der Waals surface area contributed by atoms with E-state index in [1.165, 1.54) is 0 Å². The highest BCUT2D eigenvalue weighted by molar-refractivity contribution is 7.99. The van der Waals surface area contributed by atoms with Crippen LogP contribution in [0.3, 0.4) is 0 Å². The summed E-state index contributed by atoms with van der Waals surface area (Å²) >= 11 is 1.78. The second-order valence-corrected chi connectivity index (χ2v) is 5.77. The number of rotatable bonds is 2. The Morgan fingerprint density at radius 3 is 2.95 bits per heavy atom. The normalized spacial score (nSPS) is 13.5. The molecule has 1 heterocycles. The molecule has 5 heteroatoms. The Labute approximate surface area is 128 Å². The molecule has 0 fully saturated rings. The molecule has 1 N–H and O–H groups in total. The van der Waals surface area contributed by atoms with Gasteiger partial charge < -0.3 is 10.1 Å². The van der Waals surface area contributed by atoms with Gasteiger partial charge in [-0.1, -0.05) is 18.2 Å². The molecule has 1 aliphatic heterocycles. The van der Waals surface area contributed by atoms with Crippen LogP contribution < -0.4 is 15.0 Å². The quantitative estimate of drug-likeness (QED) is 0.916. The predicted molar refractivity (Wildman–Crippen MR) is 86.5 cm³/mol. The van der Waals surface area contributed by atoms with Crippen LogP contribution in [0.2, 0.25) is 0 Å². The second kappa shape index (κ2) is 6.10. The number of thioether (sulfide) groups is 1. The number of nitrogens with zero attached hydrogens (tertiary/aromatic N) is 1. The molecular weight excluding hydrogens is 284 g/mol. The number of amides is 2. The number of fused-ring (bicyclic) bond motifs is 1. The van der Waals surface area contributed by atoms with Gasteiger partial charge in [0.1, 0.15) is 5.75 Å². The molecule has 2 aromatic rings. The molecule has 1 aliphatic rings. The van der Waals surface area contributed by atoms with Gasteiger partial charge in [-0.3, -0.25) is 4.90 Å². The number of nitrogens with one attached hydrogen (secondary N) is 1. The zero-order chi connectivity index (χ0) is 14.7. The van der Waals surface area contributed by atoms with Crippen LogP contribution >= 0.6 is 11.8 Å². The van der Waals surface area contributed by atoms with Crippen molar-refractivity contribution >= 4 is 29.2 Å². The molecule has 4 nitrogen and oxygen atoms in total. The highest BCUT2D eigenvalue weighted by Gasteiger charge is 2.22. The highest BCUT2D eigenvalue weighted by atomic mass is 32.2. The number of methoxy groups -OCH3 is 1. The fourth-order valence-corrected chi connectivity index (χ4v) is 3.27. The molecule has 0 aromatic heterocycles. The summed E-state index contributed by atoms with van der Waals surface area (Å²) in [5.74, 6) is 1.63. The lowest BCUT2D eigenvalue weighted by molar-refractivity contribution is 0.257. The van der Waals surface area contributed by atoms with Crippen molar-refractivity contribution in [3.63, 3.8) is 0 Å². The Hall–Kier alpha value is -2.14. The van der Waals surface area contributed by atoms with Gasteiger partial charge in [0.25, 0.3) is 0 Å². The monoisotopic (exact) mass is 300 g/mol. The molecule has 0 radical (unpaired) electrons. The summed E-state index contributed by atoms with van der Waals surface area (Å²) in [5.41, 5.74) is 1.70. The molecule has 2 amide bonds. The average Bonchev–Trinajstić information content (AvgIpc) is 2.54. The summed E-state index contributed by atoms with van der Waals surface area (Å²) in [6.45, 7) is 0.706. The molecule has 0 bridgehead atoms. The van der Waals surface area contributed by atoms with Crippen LogP contribution in [0.5, 0.6) is 5.75 Å². The van der Waals surface area contributed by atoms with Gasteiger partial charge in [-0.2, -0.15) is 0 Å². The van der Waals surface area contributed by atoms with Crippen LogP contribution in [0, 0.1) is 0 Å². The van der Waals surface area contributed by atoms with E-state index in [4.69, 9.17) is 4.74 Å². The maximum atomic E-state index is 12.5. The maximum absolute atomic E-state index is 12.5. The van der Waals surface area contributed by atoms with Crippen LogP contribution in [-0.2, 0) is 0 Å². The third-order valence-corrected chi connectivity index (χ3v) is 4.34. The Kier molecular flexibility index (Phi) is 4.01. The smallest absolute Gasteiger partial charge is 0.326 e. The lowest BCUT2D eigenvalue weighted by atomic mass is 10.2. The Morgan fingerprint density at radius 2 is 2.10 bits per heavy atom. The van der Waals surface area contributed by atoms with Gasteiger partial charge in [0.15, 0.2) is 0 Å². The van der Waals surface area contributed by atoms with E-state index in [1.54, 1.807) is 23.8 Å². The molecule has 108 valence electrons. The van der Waals surface area contributed by atoms with Crippen LogP contribution in [0.25, 0.3) is 0 Å². The molecule has 0 atom stereocenters. The first-order chi connectivity index (χ1) is 10.3. The number of ether oxygens (including phenoxy) is 1. The Morgan fingerprint density at radius 1 is 1.24 bits per heavy atom. The minimum atomic E-state index is -0.115. The lowest BCUT2D eigenvalue weighted by Gasteiger charge is -2.29. The fourth-order valence-electron chi connectivity index (χ4n) is 2.27. The van der Waals surface area contributed by atoms with E-state index in [0.717, 1.165) is 27.8 Å². The summed E-state index contributed by atoms with van der Waals surface area (Å²) in [4.78, 5) is 15.4. The summed E-state index contributed by atoms with van der Waals surface area (Å²) in [5, 5.41) is 2.92. The Bertz CT molecular complexity index is 660. The van der Waals surface area contributed by atoms with E-state index < -0.39 is 0 Å². The van der Waals surface area contributed by atoms with Crippen LogP contribution in [0.4, 0.5) is 16.2 Å². The Balaban J connectivity index is 1.80. The maximum Gasteiger partial charge on any atom is 0.326 e. The van der Waals surface area contributed by atoms with E-state index >= 15 is 0 Å². The minimum absolute atomic E-state index is 0.115. The number of benzene rings is 2. The van der Waals surface area contributed by atoms with Crippen LogP contribution in [-0.4, -0.2) is 25.4 Å². The van der Waals surface area contributed by atoms with E-state index in [-0.39, 0.29) is 6.03 Å². The van der Waals surface area contributed by atoms with Crippen molar-refractivity contribution in [2.24, 2.45) is 0 Å². The number of anilines is 2. The van der Waals surface area contributed by atoms with Crippen molar-refractivity contribution in [1.29, 1.82) is 0 Å². The third kappa shape index (κ3) is 2.97. The first kappa shape index (κ1) is 13.8. The highest BCUT2D eigenvalue weighted by Crippen LogP contribution is 2.34. The van der Waals surface area contributed by atoms with E-state index in [9.17, 15) is 4.79 Å². The van der Waals surface area contributed by atoms with Crippen molar-refractivity contribution in [1.82, 2.24) is 0 Å². The van der Waals surface area contributed by atoms with Gasteiger partial charge in [-0.15, -0.1) is 11.8 Å². The van der Waals surface area contributed by atoms with Gasteiger partial charge >= 0.3 is 6.03 Å². The second-order valence-electron chi connectivity index (χ2n) is 4.63. The summed E-state index contributed by atoms with van der Waals surface area (Å²) in [6, 6.07) is 15.2. The summed E-state index contributed by atoms with van der Waals surface area (Å²) < 4.78 is 5.17. The van der Waals surface area contributed by atoms with Crippen LogP contribution in [0.15, 0.2) is 53.4 Å². The SMILES string of the molecule is COc1cccc(NC(=O)N2CCSc3ccccc32)c1. The number of hydrogen-bond acceptors (Lipinski definition) is 3. The first-order valence-electron chi connectivity index (χ1n) is 6.72. The number of carbonyl (C=O) groups excluding carboxylic acids is 1. The molecule has 2 aromatic carbocycles. The molecule has 0 spiro atoms. The van der Waals surface area contributed by atoms with Gasteiger partial charge in [0.05, 0.1) is 12.8 Å². The molecule has 0 aliphatic carbocycles. The summed E-state index contributed by atoms with van der Waals surface area (Å²) in [6.07, 6.45) is 0. The van der Waals surface area contributed by atoms with E-state index in [2.05, 4.69) is 5.32 Å². The summed E-state index contributed by atoms with van der Waals surface area (Å²) in [7, 11) is 1.61. The third-order valence-electron chi connectivity index (χ3n) is 3.29. The van der Waals surface area contributed by atoms with Crippen molar-refractivity contribution < 1.29 is 9.53 Å². The molecule has 3 rings (SSSR count). The van der Waals surface area contributed by atoms with Gasteiger partial charge in [-0.05, 0) is 24.3 Å². The van der Waals surface area contributed by atoms with E-state index in [0.29, 0.717) is 6.54 Å². The van der Waals surface area contributed by atoms with Gasteiger partial charge in [0, 0.05) is 28.9 Å².